The molecular formula is C22H24ClN. The standard InChI is InChI=1S/C22H24ClN/c1-13(2)15-7-9-16(10-8-15)22-18-6-4-5-17(18)19-11-12-20(23)14(3)21(19)24-22/h4-5,7-13,17-18,22,24H,6H2,1-3H3. The van der Waals surface area contributed by atoms with Gasteiger partial charge in [-0.2, -0.15) is 0 Å². The van der Waals surface area contributed by atoms with E-state index in [2.05, 4.69) is 68.6 Å². The Kier molecular flexibility index (Phi) is 3.92. The highest BCUT2D eigenvalue weighted by Crippen LogP contribution is 2.51. The fourth-order valence-electron chi connectivity index (χ4n) is 4.21. The van der Waals surface area contributed by atoms with E-state index in [-0.39, 0.29) is 0 Å². The van der Waals surface area contributed by atoms with E-state index in [1.54, 1.807) is 0 Å². The van der Waals surface area contributed by atoms with Crippen LogP contribution in [0.15, 0.2) is 48.6 Å². The first-order valence-electron chi connectivity index (χ1n) is 8.88. The molecule has 1 N–H and O–H groups in total. The number of halogens is 1. The number of hydrogen-bond acceptors (Lipinski definition) is 1. The van der Waals surface area contributed by atoms with Crippen LogP contribution in [0.1, 0.15) is 60.4 Å². The van der Waals surface area contributed by atoms with Gasteiger partial charge in [-0.05, 0) is 53.5 Å². The van der Waals surface area contributed by atoms with Gasteiger partial charge in [-0.3, -0.25) is 0 Å². The van der Waals surface area contributed by atoms with Crippen molar-refractivity contribution in [3.8, 4) is 0 Å². The molecule has 3 unspecified atom stereocenters. The van der Waals surface area contributed by atoms with Crippen molar-refractivity contribution >= 4 is 17.3 Å². The van der Waals surface area contributed by atoms with Crippen LogP contribution in [0, 0.1) is 12.8 Å². The van der Waals surface area contributed by atoms with E-state index >= 15 is 0 Å². The molecule has 24 heavy (non-hydrogen) atoms. The van der Waals surface area contributed by atoms with E-state index in [0.29, 0.717) is 23.8 Å². The Morgan fingerprint density at radius 3 is 2.54 bits per heavy atom. The highest BCUT2D eigenvalue weighted by molar-refractivity contribution is 6.31. The van der Waals surface area contributed by atoms with Gasteiger partial charge in [0.2, 0.25) is 0 Å². The van der Waals surface area contributed by atoms with Crippen molar-refractivity contribution in [2.75, 3.05) is 5.32 Å². The van der Waals surface area contributed by atoms with Crippen LogP contribution in [-0.2, 0) is 0 Å². The SMILES string of the molecule is Cc1c(Cl)ccc2c1NC(c1ccc(C(C)C)cc1)C1CC=CC21. The van der Waals surface area contributed by atoms with Crippen molar-refractivity contribution in [1.29, 1.82) is 0 Å². The first-order valence-corrected chi connectivity index (χ1v) is 9.26. The maximum atomic E-state index is 6.38. The summed E-state index contributed by atoms with van der Waals surface area (Å²) in [5.41, 5.74) is 6.56. The van der Waals surface area contributed by atoms with Crippen molar-refractivity contribution < 1.29 is 0 Å². The Bertz CT molecular complexity index is 788. The maximum Gasteiger partial charge on any atom is 0.0554 e. The molecule has 2 aliphatic rings. The van der Waals surface area contributed by atoms with Crippen molar-refractivity contribution in [3.63, 3.8) is 0 Å². The quantitative estimate of drug-likeness (QED) is 0.609. The van der Waals surface area contributed by atoms with E-state index < -0.39 is 0 Å². The number of allylic oxidation sites excluding steroid dienone is 2. The molecule has 2 heteroatoms. The minimum Gasteiger partial charge on any atom is -0.377 e. The van der Waals surface area contributed by atoms with Gasteiger partial charge in [0, 0.05) is 16.6 Å². The number of fused-ring (bicyclic) bond motifs is 3. The van der Waals surface area contributed by atoms with E-state index in [1.165, 1.54) is 22.4 Å². The molecule has 0 fully saturated rings. The number of rotatable bonds is 2. The minimum atomic E-state index is 0.343. The molecule has 1 aliphatic heterocycles. The van der Waals surface area contributed by atoms with Crippen molar-refractivity contribution in [2.45, 2.75) is 45.1 Å². The summed E-state index contributed by atoms with van der Waals surface area (Å²) in [5.74, 6) is 1.65. The van der Waals surface area contributed by atoms with Gasteiger partial charge >= 0.3 is 0 Å². The highest BCUT2D eigenvalue weighted by atomic mass is 35.5. The van der Waals surface area contributed by atoms with Crippen molar-refractivity contribution in [1.82, 2.24) is 0 Å². The molecular weight excluding hydrogens is 314 g/mol. The summed E-state index contributed by atoms with van der Waals surface area (Å²) in [5, 5.41) is 4.66. The van der Waals surface area contributed by atoms with Gasteiger partial charge in [-0.1, -0.05) is 67.9 Å². The van der Waals surface area contributed by atoms with Gasteiger partial charge in [0.05, 0.1) is 6.04 Å². The molecule has 0 spiro atoms. The van der Waals surface area contributed by atoms with Crippen LogP contribution in [0.4, 0.5) is 5.69 Å². The van der Waals surface area contributed by atoms with Crippen LogP contribution in [0.3, 0.4) is 0 Å². The topological polar surface area (TPSA) is 12.0 Å². The van der Waals surface area contributed by atoms with E-state index in [1.807, 2.05) is 6.07 Å². The summed E-state index contributed by atoms with van der Waals surface area (Å²) < 4.78 is 0. The summed E-state index contributed by atoms with van der Waals surface area (Å²) in [6, 6.07) is 13.7. The lowest BCUT2D eigenvalue weighted by Crippen LogP contribution is -2.29. The lowest BCUT2D eigenvalue weighted by molar-refractivity contribution is 0.425. The van der Waals surface area contributed by atoms with Crippen molar-refractivity contribution in [3.05, 3.63) is 75.8 Å². The maximum absolute atomic E-state index is 6.38. The zero-order valence-electron chi connectivity index (χ0n) is 14.5. The van der Waals surface area contributed by atoms with Crippen molar-refractivity contribution in [2.24, 2.45) is 5.92 Å². The Morgan fingerprint density at radius 1 is 1.08 bits per heavy atom. The van der Waals surface area contributed by atoms with Gasteiger partial charge in [-0.15, -0.1) is 0 Å². The molecule has 1 heterocycles. The molecule has 0 radical (unpaired) electrons. The third-order valence-electron chi connectivity index (χ3n) is 5.69. The predicted molar refractivity (Wildman–Crippen MR) is 103 cm³/mol. The summed E-state index contributed by atoms with van der Waals surface area (Å²) in [7, 11) is 0. The summed E-state index contributed by atoms with van der Waals surface area (Å²) in [6.07, 6.45) is 5.86. The monoisotopic (exact) mass is 337 g/mol. The second kappa shape index (κ2) is 5.97. The smallest absolute Gasteiger partial charge is 0.0554 e. The summed E-state index contributed by atoms with van der Waals surface area (Å²) >= 11 is 6.38. The summed E-state index contributed by atoms with van der Waals surface area (Å²) in [4.78, 5) is 0. The molecule has 0 saturated carbocycles. The Morgan fingerprint density at radius 2 is 1.83 bits per heavy atom. The molecule has 0 amide bonds. The van der Waals surface area contributed by atoms with Gasteiger partial charge in [-0.25, -0.2) is 0 Å². The third-order valence-corrected chi connectivity index (χ3v) is 6.10. The predicted octanol–water partition coefficient (Wildman–Crippen LogP) is 6.60. The van der Waals surface area contributed by atoms with Crippen LogP contribution in [-0.4, -0.2) is 0 Å². The zero-order valence-corrected chi connectivity index (χ0v) is 15.3. The molecule has 0 bridgehead atoms. The lowest BCUT2D eigenvalue weighted by atomic mass is 9.76. The fourth-order valence-corrected chi connectivity index (χ4v) is 4.36. The molecule has 1 nitrogen and oxygen atoms in total. The zero-order chi connectivity index (χ0) is 16.8. The Balaban J connectivity index is 1.76. The van der Waals surface area contributed by atoms with Crippen LogP contribution < -0.4 is 5.32 Å². The van der Waals surface area contributed by atoms with Crippen LogP contribution >= 0.6 is 11.6 Å². The number of nitrogens with one attached hydrogen (secondary N) is 1. The highest BCUT2D eigenvalue weighted by Gasteiger charge is 2.38. The first kappa shape index (κ1) is 15.8. The van der Waals surface area contributed by atoms with Crippen LogP contribution in [0.5, 0.6) is 0 Å². The summed E-state index contributed by atoms with van der Waals surface area (Å²) in [6.45, 7) is 6.60. The van der Waals surface area contributed by atoms with E-state index in [4.69, 9.17) is 11.6 Å². The lowest BCUT2D eigenvalue weighted by Gasteiger charge is -2.38. The Labute approximate surface area is 149 Å². The largest absolute Gasteiger partial charge is 0.377 e. The first-order chi connectivity index (χ1) is 11.6. The van der Waals surface area contributed by atoms with E-state index in [9.17, 15) is 0 Å². The van der Waals surface area contributed by atoms with E-state index in [0.717, 1.165) is 17.0 Å². The number of benzene rings is 2. The number of hydrogen-bond donors (Lipinski definition) is 1. The van der Waals surface area contributed by atoms with Crippen LogP contribution in [0.2, 0.25) is 5.02 Å². The molecule has 0 aromatic heterocycles. The minimum absolute atomic E-state index is 0.343. The van der Waals surface area contributed by atoms with Crippen LogP contribution in [0.25, 0.3) is 0 Å². The third kappa shape index (κ3) is 2.46. The number of anilines is 1. The average molecular weight is 338 g/mol. The van der Waals surface area contributed by atoms with Gasteiger partial charge in [0.25, 0.3) is 0 Å². The second-order valence-electron chi connectivity index (χ2n) is 7.43. The van der Waals surface area contributed by atoms with Gasteiger partial charge < -0.3 is 5.32 Å². The molecule has 124 valence electrons. The molecule has 3 atom stereocenters. The second-order valence-corrected chi connectivity index (χ2v) is 7.84. The molecule has 4 rings (SSSR count). The molecule has 0 saturated heterocycles. The normalized spacial score (nSPS) is 24.6. The average Bonchev–Trinajstić information content (AvgIpc) is 3.07. The molecule has 1 aliphatic carbocycles. The Hall–Kier alpha value is -1.73. The van der Waals surface area contributed by atoms with Gasteiger partial charge in [0.15, 0.2) is 0 Å². The molecule has 2 aromatic carbocycles. The molecule has 2 aromatic rings. The van der Waals surface area contributed by atoms with Gasteiger partial charge in [0.1, 0.15) is 0 Å². The fraction of sp³-hybridized carbons (Fsp3) is 0.364.